The van der Waals surface area contributed by atoms with Crippen molar-refractivity contribution in [2.75, 3.05) is 10.2 Å². The van der Waals surface area contributed by atoms with E-state index in [1.807, 2.05) is 13.8 Å². The number of ketones is 1. The first kappa shape index (κ1) is 21.2. The lowest BCUT2D eigenvalue weighted by Gasteiger charge is -2.46. The van der Waals surface area contributed by atoms with Crippen LogP contribution in [-0.4, -0.2) is 11.7 Å². The van der Waals surface area contributed by atoms with Crippen molar-refractivity contribution in [1.82, 2.24) is 0 Å². The molecule has 0 radical (unpaired) electrons. The van der Waals surface area contributed by atoms with Gasteiger partial charge in [-0.05, 0) is 48.2 Å². The molecule has 1 aliphatic carbocycles. The van der Waals surface area contributed by atoms with Crippen molar-refractivity contribution in [1.29, 1.82) is 5.26 Å². The van der Waals surface area contributed by atoms with E-state index in [1.54, 1.807) is 29.2 Å². The molecule has 8 heteroatoms. The Morgan fingerprint density at radius 1 is 1.18 bits per heavy atom. The predicted octanol–water partition coefficient (Wildman–Crippen LogP) is 4.53. The van der Waals surface area contributed by atoms with Crippen LogP contribution >= 0.6 is 11.6 Å². The van der Waals surface area contributed by atoms with E-state index < -0.39 is 22.6 Å². The summed E-state index contributed by atoms with van der Waals surface area (Å²) in [5.74, 6) is -1.44. The normalized spacial score (nSPS) is 23.4. The third-order valence-electron chi connectivity index (χ3n) is 6.52. The number of rotatable bonds is 1. The molecule has 1 unspecified atom stereocenters. The Balaban J connectivity index is 1.92. The molecule has 6 nitrogen and oxygen atoms in total. The number of amides is 1. The molecule has 3 N–H and O–H groups in total. The Morgan fingerprint density at radius 3 is 2.64 bits per heavy atom. The first-order valence-corrected chi connectivity index (χ1v) is 10.8. The van der Waals surface area contributed by atoms with Gasteiger partial charge in [0.1, 0.15) is 23.1 Å². The van der Waals surface area contributed by atoms with Crippen LogP contribution in [-0.2, 0) is 15.0 Å². The molecule has 0 saturated carbocycles. The monoisotopic (exact) mass is 462 g/mol. The number of fused-ring (bicyclic) bond motifs is 3. The van der Waals surface area contributed by atoms with Crippen molar-refractivity contribution in [2.24, 2.45) is 11.1 Å². The highest BCUT2D eigenvalue weighted by molar-refractivity contribution is 6.30. The second-order valence-electron chi connectivity index (χ2n) is 9.34. The molecule has 5 rings (SSSR count). The number of halogens is 2. The lowest BCUT2D eigenvalue weighted by atomic mass is 9.60. The largest absolute Gasteiger partial charge is 0.384 e. The minimum atomic E-state index is -1.81. The van der Waals surface area contributed by atoms with E-state index >= 15 is 0 Å². The van der Waals surface area contributed by atoms with Crippen LogP contribution in [0.3, 0.4) is 0 Å². The third kappa shape index (κ3) is 2.84. The van der Waals surface area contributed by atoms with Crippen LogP contribution in [0, 0.1) is 22.6 Å². The summed E-state index contributed by atoms with van der Waals surface area (Å²) in [6.07, 6.45) is 0.590. The summed E-state index contributed by atoms with van der Waals surface area (Å²) in [5.41, 5.74) is 6.06. The standard InChI is InChI=1S/C25H20ClFN4O2/c1-24(2)10-19-21(20(32)11-24)25(16-9-14(27)6-7-18(16)30-23(25)33)17(12-28)22(29)31(19)15-5-3-4-13(26)8-15/h3-9H,10-11,29H2,1-2H3,(H,30,33). The zero-order chi connectivity index (χ0) is 23.7. The van der Waals surface area contributed by atoms with Gasteiger partial charge in [-0.15, -0.1) is 0 Å². The molecule has 0 bridgehead atoms. The number of anilines is 2. The van der Waals surface area contributed by atoms with E-state index in [-0.39, 0.29) is 34.7 Å². The van der Waals surface area contributed by atoms with Gasteiger partial charge in [0, 0.05) is 39.7 Å². The number of allylic oxidation sites excluding steroid dienone is 1. The second kappa shape index (κ2) is 6.93. The minimum absolute atomic E-state index is 0.0104. The molecular formula is C25H20ClFN4O2. The van der Waals surface area contributed by atoms with Crippen LogP contribution in [0.25, 0.3) is 0 Å². The zero-order valence-corrected chi connectivity index (χ0v) is 18.8. The molecule has 166 valence electrons. The van der Waals surface area contributed by atoms with E-state index in [1.165, 1.54) is 18.2 Å². The van der Waals surface area contributed by atoms with Crippen molar-refractivity contribution in [3.8, 4) is 6.07 Å². The van der Waals surface area contributed by atoms with Crippen molar-refractivity contribution in [2.45, 2.75) is 32.1 Å². The van der Waals surface area contributed by atoms with E-state index in [0.717, 1.165) is 0 Å². The lowest BCUT2D eigenvalue weighted by molar-refractivity contribution is -0.123. The number of hydrogen-bond donors (Lipinski definition) is 2. The van der Waals surface area contributed by atoms with Crippen molar-refractivity contribution >= 4 is 34.7 Å². The Kier molecular flexibility index (Phi) is 4.46. The maximum Gasteiger partial charge on any atom is 0.245 e. The topological polar surface area (TPSA) is 99.2 Å². The fourth-order valence-electron chi connectivity index (χ4n) is 5.30. The van der Waals surface area contributed by atoms with E-state index in [0.29, 0.717) is 28.5 Å². The van der Waals surface area contributed by atoms with Gasteiger partial charge in [0.15, 0.2) is 5.78 Å². The zero-order valence-electron chi connectivity index (χ0n) is 18.0. The van der Waals surface area contributed by atoms with Crippen LogP contribution in [0.15, 0.2) is 65.1 Å². The lowest BCUT2D eigenvalue weighted by Crippen LogP contribution is -2.52. The number of nitrogens with zero attached hydrogens (tertiary/aromatic N) is 2. The van der Waals surface area contributed by atoms with Gasteiger partial charge in [-0.25, -0.2) is 4.39 Å². The quantitative estimate of drug-likeness (QED) is 0.648. The molecule has 1 amide bonds. The average Bonchev–Trinajstić information content (AvgIpc) is 2.99. The van der Waals surface area contributed by atoms with Crippen LogP contribution in [0.4, 0.5) is 15.8 Å². The Bertz CT molecular complexity index is 1370. The molecule has 0 fully saturated rings. The fourth-order valence-corrected chi connectivity index (χ4v) is 5.49. The molecule has 33 heavy (non-hydrogen) atoms. The summed E-state index contributed by atoms with van der Waals surface area (Å²) in [5, 5.41) is 13.4. The van der Waals surface area contributed by atoms with Gasteiger partial charge in [0.25, 0.3) is 0 Å². The molecule has 2 aromatic rings. The molecule has 2 heterocycles. The number of Topliss-reactive ketones (excluding diaryl/α,β-unsaturated/α-hetero) is 1. The van der Waals surface area contributed by atoms with Crippen molar-refractivity contribution in [3.63, 3.8) is 0 Å². The van der Waals surface area contributed by atoms with Gasteiger partial charge < -0.3 is 11.1 Å². The smallest absolute Gasteiger partial charge is 0.245 e. The maximum atomic E-state index is 14.4. The molecule has 2 aliphatic heterocycles. The van der Waals surface area contributed by atoms with Crippen LogP contribution in [0.5, 0.6) is 0 Å². The molecule has 1 atom stereocenters. The van der Waals surface area contributed by atoms with Crippen LogP contribution < -0.4 is 16.0 Å². The Labute approximate surface area is 195 Å². The predicted molar refractivity (Wildman–Crippen MR) is 123 cm³/mol. The van der Waals surface area contributed by atoms with E-state index in [9.17, 15) is 19.2 Å². The summed E-state index contributed by atoms with van der Waals surface area (Å²) >= 11 is 6.23. The molecular weight excluding hydrogens is 443 g/mol. The SMILES string of the molecule is CC1(C)CC(=O)C2=C(C1)N(c1cccc(Cl)c1)C(N)=C(C#N)C21C(=O)Nc2ccc(F)cc21. The van der Waals surface area contributed by atoms with Crippen LogP contribution in [0.2, 0.25) is 5.02 Å². The molecule has 1 spiro atoms. The van der Waals surface area contributed by atoms with Gasteiger partial charge in [0.2, 0.25) is 5.91 Å². The van der Waals surface area contributed by atoms with Crippen molar-refractivity contribution < 1.29 is 14.0 Å². The highest BCUT2D eigenvalue weighted by Crippen LogP contribution is 2.57. The Hall–Kier alpha value is -3.63. The summed E-state index contributed by atoms with van der Waals surface area (Å²) in [6.45, 7) is 3.92. The highest BCUT2D eigenvalue weighted by atomic mass is 35.5. The van der Waals surface area contributed by atoms with Gasteiger partial charge in [-0.3, -0.25) is 14.5 Å². The van der Waals surface area contributed by atoms with Crippen LogP contribution in [0.1, 0.15) is 32.3 Å². The minimum Gasteiger partial charge on any atom is -0.384 e. The van der Waals surface area contributed by atoms with Gasteiger partial charge >= 0.3 is 0 Å². The summed E-state index contributed by atoms with van der Waals surface area (Å²) in [6, 6.07) is 12.8. The van der Waals surface area contributed by atoms with Gasteiger partial charge in [-0.1, -0.05) is 31.5 Å². The molecule has 0 aromatic heterocycles. The summed E-state index contributed by atoms with van der Waals surface area (Å²) in [7, 11) is 0. The van der Waals surface area contributed by atoms with E-state index in [2.05, 4.69) is 11.4 Å². The highest BCUT2D eigenvalue weighted by Gasteiger charge is 2.61. The second-order valence-corrected chi connectivity index (χ2v) is 9.78. The Morgan fingerprint density at radius 2 is 1.94 bits per heavy atom. The van der Waals surface area contributed by atoms with Crippen molar-refractivity contribution in [3.05, 3.63) is 81.5 Å². The fraction of sp³-hybridized carbons (Fsp3) is 0.240. The number of nitriles is 1. The third-order valence-corrected chi connectivity index (χ3v) is 6.76. The van der Waals surface area contributed by atoms with Gasteiger partial charge in [-0.2, -0.15) is 5.26 Å². The number of nitrogens with one attached hydrogen (secondary N) is 1. The summed E-state index contributed by atoms with van der Waals surface area (Å²) in [4.78, 5) is 28.9. The first-order chi connectivity index (χ1) is 15.6. The number of carbonyl (C=O) groups is 2. The number of hydrogen-bond acceptors (Lipinski definition) is 5. The average molecular weight is 463 g/mol. The molecule has 2 aromatic carbocycles. The first-order valence-electron chi connectivity index (χ1n) is 10.4. The number of benzene rings is 2. The molecule has 3 aliphatic rings. The van der Waals surface area contributed by atoms with Gasteiger partial charge in [0.05, 0.1) is 5.57 Å². The maximum absolute atomic E-state index is 14.4. The summed E-state index contributed by atoms with van der Waals surface area (Å²) < 4.78 is 14.4. The number of nitrogens with two attached hydrogens (primary N) is 1. The molecule has 0 saturated heterocycles. The van der Waals surface area contributed by atoms with E-state index in [4.69, 9.17) is 17.3 Å². The number of carbonyl (C=O) groups excluding carboxylic acids is 2.